The van der Waals surface area contributed by atoms with Gasteiger partial charge in [0.1, 0.15) is 11.6 Å². The van der Waals surface area contributed by atoms with E-state index in [-0.39, 0.29) is 36.4 Å². The maximum absolute atomic E-state index is 12.7. The summed E-state index contributed by atoms with van der Waals surface area (Å²) in [5, 5.41) is 7.49. The Morgan fingerprint density at radius 2 is 2.07 bits per heavy atom. The highest BCUT2D eigenvalue weighted by Gasteiger charge is 2.21. The summed E-state index contributed by atoms with van der Waals surface area (Å²) in [6, 6.07) is 8.13. The fourth-order valence-corrected chi connectivity index (χ4v) is 4.01. The second kappa shape index (κ2) is 10.8. The number of thiazole rings is 1. The first-order valence-electron chi connectivity index (χ1n) is 9.42. The highest BCUT2D eigenvalue weighted by Crippen LogP contribution is 2.26. The van der Waals surface area contributed by atoms with E-state index in [9.17, 15) is 4.79 Å². The lowest BCUT2D eigenvalue weighted by Gasteiger charge is -2.29. The van der Waals surface area contributed by atoms with Gasteiger partial charge in [-0.25, -0.2) is 9.98 Å². The molecule has 8 heteroatoms. The van der Waals surface area contributed by atoms with Crippen LogP contribution in [0.4, 0.5) is 5.69 Å². The molecule has 0 fully saturated rings. The fraction of sp³-hybridized carbons (Fsp3) is 0.450. The lowest BCUT2D eigenvalue weighted by Crippen LogP contribution is -2.40. The number of para-hydroxylation sites is 1. The number of carbonyl (C=O) groups excluding carboxylic acids is 1. The number of hydrogen-bond acceptors (Lipinski definition) is 4. The molecular weight excluding hydrogens is 485 g/mol. The molecule has 6 nitrogen and oxygen atoms in total. The Morgan fingerprint density at radius 1 is 1.29 bits per heavy atom. The number of hydrogen-bond donors (Lipinski definition) is 2. The number of nitrogens with one attached hydrogen (secondary N) is 2. The van der Waals surface area contributed by atoms with Crippen LogP contribution >= 0.6 is 35.3 Å². The van der Waals surface area contributed by atoms with E-state index in [1.807, 2.05) is 36.9 Å². The molecule has 152 valence electrons. The molecule has 2 N–H and O–H groups in total. The Labute approximate surface area is 187 Å². The smallest absolute Gasteiger partial charge is 0.248 e. The molecule has 0 saturated heterocycles. The number of fused-ring (bicyclic) bond motifs is 1. The van der Waals surface area contributed by atoms with Crippen LogP contribution in [-0.4, -0.2) is 36.5 Å². The van der Waals surface area contributed by atoms with Crippen LogP contribution < -0.4 is 15.5 Å². The minimum Gasteiger partial charge on any atom is -0.357 e. The summed E-state index contributed by atoms with van der Waals surface area (Å²) < 4.78 is 0. The molecule has 0 spiro atoms. The van der Waals surface area contributed by atoms with E-state index in [4.69, 9.17) is 0 Å². The van der Waals surface area contributed by atoms with E-state index >= 15 is 0 Å². The van der Waals surface area contributed by atoms with Gasteiger partial charge in [-0.15, -0.1) is 35.3 Å². The molecular formula is C20H28IN5OS. The summed E-state index contributed by atoms with van der Waals surface area (Å²) in [6.07, 6.45) is 2.02. The van der Waals surface area contributed by atoms with E-state index in [1.54, 1.807) is 11.3 Å². The maximum Gasteiger partial charge on any atom is 0.248 e. The highest BCUT2D eigenvalue weighted by atomic mass is 127. The van der Waals surface area contributed by atoms with Crippen molar-refractivity contribution in [3.05, 3.63) is 45.4 Å². The number of benzene rings is 1. The van der Waals surface area contributed by atoms with Crippen molar-refractivity contribution in [3.63, 3.8) is 0 Å². The van der Waals surface area contributed by atoms with Crippen LogP contribution in [0.5, 0.6) is 0 Å². The van der Waals surface area contributed by atoms with Gasteiger partial charge in [-0.2, -0.15) is 0 Å². The topological polar surface area (TPSA) is 69.6 Å². The minimum absolute atomic E-state index is 0. The van der Waals surface area contributed by atoms with Crippen LogP contribution in [0.15, 0.2) is 29.3 Å². The van der Waals surface area contributed by atoms with E-state index < -0.39 is 0 Å². The number of aromatic nitrogens is 1. The minimum atomic E-state index is 0. The van der Waals surface area contributed by atoms with Crippen molar-refractivity contribution in [2.45, 2.75) is 40.2 Å². The number of rotatable bonds is 5. The largest absolute Gasteiger partial charge is 0.357 e. The molecule has 0 radical (unpaired) electrons. The summed E-state index contributed by atoms with van der Waals surface area (Å²) >= 11 is 1.68. The van der Waals surface area contributed by atoms with Crippen LogP contribution in [0, 0.1) is 13.8 Å². The molecule has 1 amide bonds. The molecule has 3 rings (SSSR count). The van der Waals surface area contributed by atoms with Gasteiger partial charge in [0.2, 0.25) is 5.91 Å². The fourth-order valence-electron chi connectivity index (χ4n) is 3.14. The van der Waals surface area contributed by atoms with Crippen molar-refractivity contribution in [1.29, 1.82) is 0 Å². The zero-order chi connectivity index (χ0) is 19.2. The molecule has 2 heterocycles. The molecule has 0 unspecified atom stereocenters. The number of halogens is 1. The van der Waals surface area contributed by atoms with Crippen molar-refractivity contribution < 1.29 is 4.79 Å². The molecule has 2 aromatic rings. The quantitative estimate of drug-likeness (QED) is 0.366. The predicted octanol–water partition coefficient (Wildman–Crippen LogP) is 3.41. The Kier molecular flexibility index (Phi) is 8.68. The number of anilines is 1. The number of amides is 1. The molecule has 0 saturated carbocycles. The van der Waals surface area contributed by atoms with Gasteiger partial charge in [0.15, 0.2) is 5.96 Å². The van der Waals surface area contributed by atoms with Gasteiger partial charge in [0, 0.05) is 23.7 Å². The third kappa shape index (κ3) is 5.66. The lowest BCUT2D eigenvalue weighted by atomic mass is 10.0. The average molecular weight is 513 g/mol. The van der Waals surface area contributed by atoms with Gasteiger partial charge in [-0.3, -0.25) is 4.79 Å². The van der Waals surface area contributed by atoms with Gasteiger partial charge in [-0.1, -0.05) is 18.2 Å². The van der Waals surface area contributed by atoms with Gasteiger partial charge in [-0.05, 0) is 45.2 Å². The van der Waals surface area contributed by atoms with Crippen molar-refractivity contribution in [3.8, 4) is 0 Å². The number of carbonyl (C=O) groups is 1. The van der Waals surface area contributed by atoms with Crippen molar-refractivity contribution >= 4 is 52.9 Å². The van der Waals surface area contributed by atoms with Gasteiger partial charge in [0.25, 0.3) is 0 Å². The number of aryl methyl sites for hydroxylation is 3. The summed E-state index contributed by atoms with van der Waals surface area (Å²) in [6.45, 7) is 8.33. The first-order valence-corrected chi connectivity index (χ1v) is 10.2. The zero-order valence-electron chi connectivity index (χ0n) is 16.6. The average Bonchev–Trinajstić information content (AvgIpc) is 3.01. The van der Waals surface area contributed by atoms with Gasteiger partial charge >= 0.3 is 0 Å². The first-order chi connectivity index (χ1) is 13.1. The maximum atomic E-state index is 12.7. The molecule has 0 aliphatic carbocycles. The monoisotopic (exact) mass is 513 g/mol. The third-order valence-electron chi connectivity index (χ3n) is 4.61. The molecule has 0 atom stereocenters. The molecule has 1 aromatic carbocycles. The molecule has 1 aliphatic rings. The Balaban J connectivity index is 0.00000280. The van der Waals surface area contributed by atoms with Crippen molar-refractivity contribution in [2.24, 2.45) is 4.99 Å². The van der Waals surface area contributed by atoms with Gasteiger partial charge in [0.05, 0.1) is 12.2 Å². The molecule has 28 heavy (non-hydrogen) atoms. The van der Waals surface area contributed by atoms with E-state index in [0.29, 0.717) is 12.5 Å². The zero-order valence-corrected chi connectivity index (χ0v) is 19.8. The lowest BCUT2D eigenvalue weighted by molar-refractivity contribution is -0.117. The normalized spacial score (nSPS) is 13.5. The molecule has 1 aromatic heterocycles. The van der Waals surface area contributed by atoms with Crippen LogP contribution in [-0.2, 0) is 17.8 Å². The third-order valence-corrected chi connectivity index (χ3v) is 5.68. The Morgan fingerprint density at radius 3 is 2.79 bits per heavy atom. The number of guanidine groups is 1. The standard InChI is InChI=1S/C20H27N5OS.HI/c1-4-21-20(22-12-18-24-14(2)15(3)27-18)23-13-19(26)25-11-7-9-16-8-5-6-10-17(16)25;/h5-6,8,10H,4,7,9,11-13H2,1-3H3,(H2,21,22,23);1H. The second-order valence-electron chi connectivity index (χ2n) is 6.58. The summed E-state index contributed by atoms with van der Waals surface area (Å²) in [5.74, 6) is 0.668. The van der Waals surface area contributed by atoms with Crippen molar-refractivity contribution in [2.75, 3.05) is 24.5 Å². The van der Waals surface area contributed by atoms with Crippen molar-refractivity contribution in [1.82, 2.24) is 15.6 Å². The summed E-state index contributed by atoms with van der Waals surface area (Å²) in [7, 11) is 0. The van der Waals surface area contributed by atoms with Crippen LogP contribution in [0.25, 0.3) is 0 Å². The van der Waals surface area contributed by atoms with E-state index in [2.05, 4.69) is 33.6 Å². The number of nitrogens with zero attached hydrogens (tertiary/aromatic N) is 3. The van der Waals surface area contributed by atoms with Crippen LogP contribution in [0.1, 0.15) is 34.5 Å². The summed E-state index contributed by atoms with van der Waals surface area (Å²) in [4.78, 5) is 24.9. The van der Waals surface area contributed by atoms with E-state index in [1.165, 1.54) is 10.4 Å². The number of aliphatic imine (C=N–C) groups is 1. The molecule has 0 bridgehead atoms. The summed E-state index contributed by atoms with van der Waals surface area (Å²) in [5.41, 5.74) is 3.33. The predicted molar refractivity (Wildman–Crippen MR) is 127 cm³/mol. The SMILES string of the molecule is CCNC(=NCC(=O)N1CCCc2ccccc21)NCc1nc(C)c(C)s1.I. The highest BCUT2D eigenvalue weighted by molar-refractivity contribution is 14.0. The van der Waals surface area contributed by atoms with Gasteiger partial charge < -0.3 is 15.5 Å². The second-order valence-corrected chi connectivity index (χ2v) is 7.86. The Hall–Kier alpha value is -1.68. The van der Waals surface area contributed by atoms with E-state index in [0.717, 1.165) is 42.3 Å². The first kappa shape index (κ1) is 22.6. The Bertz CT molecular complexity index is 816. The van der Waals surface area contributed by atoms with Crippen LogP contribution in [0.3, 0.4) is 0 Å². The van der Waals surface area contributed by atoms with Crippen LogP contribution in [0.2, 0.25) is 0 Å². The molecule has 1 aliphatic heterocycles.